The van der Waals surface area contributed by atoms with Crippen LogP contribution < -0.4 is 14.8 Å². The smallest absolute Gasteiger partial charge is 0.288 e. The summed E-state index contributed by atoms with van der Waals surface area (Å²) in [5.74, 6) is -0.581. The number of hydrazine groups is 1. The van der Waals surface area contributed by atoms with Gasteiger partial charge in [-0.25, -0.2) is 8.42 Å². The number of rotatable bonds is 5. The van der Waals surface area contributed by atoms with Crippen molar-refractivity contribution in [1.29, 1.82) is 0 Å². The van der Waals surface area contributed by atoms with Crippen LogP contribution in [0.2, 0.25) is 0 Å². The lowest BCUT2D eigenvalue weighted by molar-refractivity contribution is -0.685. The van der Waals surface area contributed by atoms with Crippen molar-refractivity contribution < 1.29 is 22.6 Å². The van der Waals surface area contributed by atoms with Gasteiger partial charge in [0, 0.05) is 19.2 Å². The van der Waals surface area contributed by atoms with Crippen LogP contribution in [0.15, 0.2) is 24.5 Å². The average molecular weight is 327 g/mol. The molecule has 2 rings (SSSR count). The van der Waals surface area contributed by atoms with Gasteiger partial charge < -0.3 is 4.90 Å². The number of amides is 2. The van der Waals surface area contributed by atoms with E-state index in [1.54, 1.807) is 21.7 Å². The summed E-state index contributed by atoms with van der Waals surface area (Å²) in [5, 5.41) is 0. The van der Waals surface area contributed by atoms with Crippen LogP contribution in [0.25, 0.3) is 0 Å². The topological polar surface area (TPSA) is 99.5 Å². The van der Waals surface area contributed by atoms with Crippen molar-refractivity contribution >= 4 is 21.8 Å². The van der Waals surface area contributed by atoms with Crippen molar-refractivity contribution in [2.24, 2.45) is 0 Å². The van der Waals surface area contributed by atoms with E-state index in [0.29, 0.717) is 0 Å². The number of carbonyl (C=O) groups excluding carboxylic acids is 2. The van der Waals surface area contributed by atoms with Gasteiger partial charge in [-0.05, 0) is 18.9 Å². The molecule has 1 aromatic rings. The van der Waals surface area contributed by atoms with E-state index in [2.05, 4.69) is 5.43 Å². The van der Waals surface area contributed by atoms with Crippen molar-refractivity contribution in [2.75, 3.05) is 19.3 Å². The number of hydrogen-bond acceptors (Lipinski definition) is 4. The van der Waals surface area contributed by atoms with Gasteiger partial charge in [0.2, 0.25) is 16.6 Å². The van der Waals surface area contributed by atoms with Gasteiger partial charge in [0.1, 0.15) is 5.56 Å². The SMILES string of the molecule is CS(=O)(=O)NNC(=O)c1ccc[n+](CC(=O)N2CCCC2)c1. The zero-order valence-electron chi connectivity index (χ0n) is 12.3. The van der Waals surface area contributed by atoms with E-state index < -0.39 is 15.9 Å². The summed E-state index contributed by atoms with van der Waals surface area (Å²) in [4.78, 5) is 27.6. The summed E-state index contributed by atoms with van der Waals surface area (Å²) in [7, 11) is -3.52. The number of aromatic nitrogens is 1. The number of pyridine rings is 1. The monoisotopic (exact) mass is 327 g/mol. The quantitative estimate of drug-likeness (QED) is 0.524. The molecule has 2 amide bonds. The minimum Gasteiger partial charge on any atom is -0.337 e. The van der Waals surface area contributed by atoms with Crippen molar-refractivity contribution in [3.05, 3.63) is 30.1 Å². The van der Waals surface area contributed by atoms with Crippen molar-refractivity contribution in [3.8, 4) is 0 Å². The largest absolute Gasteiger partial charge is 0.337 e. The fraction of sp³-hybridized carbons (Fsp3) is 0.462. The first-order valence-electron chi connectivity index (χ1n) is 6.89. The zero-order chi connectivity index (χ0) is 16.2. The number of hydrogen-bond donors (Lipinski definition) is 2. The Labute approximate surface area is 129 Å². The van der Waals surface area contributed by atoms with Crippen LogP contribution in [0.5, 0.6) is 0 Å². The molecule has 0 aromatic carbocycles. The zero-order valence-corrected chi connectivity index (χ0v) is 13.1. The lowest BCUT2D eigenvalue weighted by Crippen LogP contribution is -2.45. The van der Waals surface area contributed by atoms with E-state index in [1.165, 1.54) is 12.3 Å². The molecule has 2 N–H and O–H groups in total. The Morgan fingerprint density at radius 2 is 2.00 bits per heavy atom. The van der Waals surface area contributed by atoms with E-state index in [1.807, 2.05) is 4.83 Å². The van der Waals surface area contributed by atoms with Crippen LogP contribution in [0, 0.1) is 0 Å². The molecular weight excluding hydrogens is 308 g/mol. The van der Waals surface area contributed by atoms with E-state index in [-0.39, 0.29) is 18.0 Å². The third-order valence-corrected chi connectivity index (χ3v) is 3.72. The number of nitrogens with zero attached hydrogens (tertiary/aromatic N) is 2. The Morgan fingerprint density at radius 1 is 1.32 bits per heavy atom. The van der Waals surface area contributed by atoms with Crippen LogP contribution in [0.1, 0.15) is 23.2 Å². The second-order valence-electron chi connectivity index (χ2n) is 5.18. The summed E-state index contributed by atoms with van der Waals surface area (Å²) >= 11 is 0. The summed E-state index contributed by atoms with van der Waals surface area (Å²) in [5.41, 5.74) is 2.35. The fourth-order valence-corrected chi connectivity index (χ4v) is 2.47. The number of carbonyl (C=O) groups is 2. The van der Waals surface area contributed by atoms with Gasteiger partial charge in [0.15, 0.2) is 12.4 Å². The molecule has 1 aromatic heterocycles. The third kappa shape index (κ3) is 4.78. The Kier molecular flexibility index (Phi) is 5.09. The standard InChI is InChI=1S/C13H18N4O4S/c1-22(20,21)15-14-13(19)11-5-4-6-16(9-11)10-12(18)17-7-2-3-8-17/h4-6,9,15H,2-3,7-8,10H2,1H3/p+1. The number of nitrogens with one attached hydrogen (secondary N) is 2. The Bertz CT molecular complexity index is 668. The number of likely N-dealkylation sites (tertiary alicyclic amines) is 1. The van der Waals surface area contributed by atoms with Gasteiger partial charge in [-0.3, -0.25) is 15.0 Å². The minimum atomic E-state index is -3.52. The maximum atomic E-state index is 12.1. The molecule has 0 saturated carbocycles. The van der Waals surface area contributed by atoms with Crippen LogP contribution in [-0.2, 0) is 21.4 Å². The lowest BCUT2D eigenvalue weighted by atomic mass is 10.2. The molecular formula is C13H19N4O4S+. The summed E-state index contributed by atoms with van der Waals surface area (Å²) < 4.78 is 23.5. The normalized spacial score (nSPS) is 14.9. The van der Waals surface area contributed by atoms with Crippen molar-refractivity contribution in [1.82, 2.24) is 15.2 Å². The average Bonchev–Trinajstić information content (AvgIpc) is 2.98. The molecule has 1 fully saturated rings. The highest BCUT2D eigenvalue weighted by molar-refractivity contribution is 7.88. The van der Waals surface area contributed by atoms with Crippen LogP contribution in [0.3, 0.4) is 0 Å². The van der Waals surface area contributed by atoms with Crippen molar-refractivity contribution in [3.63, 3.8) is 0 Å². The number of sulfonamides is 1. The summed E-state index contributed by atoms with van der Waals surface area (Å²) in [6, 6.07) is 3.17. The molecule has 0 bridgehead atoms. The Balaban J connectivity index is 2.00. The third-order valence-electron chi connectivity index (χ3n) is 3.25. The molecule has 8 nitrogen and oxygen atoms in total. The molecule has 2 heterocycles. The lowest BCUT2D eigenvalue weighted by Gasteiger charge is -2.12. The van der Waals surface area contributed by atoms with E-state index in [0.717, 1.165) is 32.2 Å². The van der Waals surface area contributed by atoms with Crippen LogP contribution in [0.4, 0.5) is 0 Å². The molecule has 120 valence electrons. The molecule has 1 saturated heterocycles. The van der Waals surface area contributed by atoms with Gasteiger partial charge in [0.05, 0.1) is 6.26 Å². The van der Waals surface area contributed by atoms with Gasteiger partial charge in [-0.1, -0.05) is 0 Å². The Hall–Kier alpha value is -2.00. The summed E-state index contributed by atoms with van der Waals surface area (Å²) in [6.45, 7) is 1.70. The van der Waals surface area contributed by atoms with Crippen LogP contribution in [-0.4, -0.2) is 44.5 Å². The van der Waals surface area contributed by atoms with Gasteiger partial charge in [0.25, 0.3) is 11.8 Å². The van der Waals surface area contributed by atoms with Crippen molar-refractivity contribution in [2.45, 2.75) is 19.4 Å². The van der Waals surface area contributed by atoms with Crippen LogP contribution >= 0.6 is 0 Å². The van der Waals surface area contributed by atoms with E-state index >= 15 is 0 Å². The second kappa shape index (κ2) is 6.84. The molecule has 0 unspecified atom stereocenters. The van der Waals surface area contributed by atoms with E-state index in [9.17, 15) is 18.0 Å². The first-order valence-corrected chi connectivity index (χ1v) is 8.78. The molecule has 1 aliphatic rings. The highest BCUT2D eigenvalue weighted by Crippen LogP contribution is 2.07. The first kappa shape index (κ1) is 16.4. The molecule has 0 radical (unpaired) electrons. The van der Waals surface area contributed by atoms with E-state index in [4.69, 9.17) is 0 Å². The molecule has 0 spiro atoms. The minimum absolute atomic E-state index is 0.00863. The predicted molar refractivity (Wildman–Crippen MR) is 77.9 cm³/mol. The predicted octanol–water partition coefficient (Wildman–Crippen LogP) is -1.21. The molecule has 22 heavy (non-hydrogen) atoms. The van der Waals surface area contributed by atoms with Gasteiger partial charge in [-0.15, -0.1) is 4.83 Å². The molecule has 0 aliphatic carbocycles. The molecule has 9 heteroatoms. The first-order chi connectivity index (χ1) is 10.3. The fourth-order valence-electron chi connectivity index (χ4n) is 2.19. The maximum Gasteiger partial charge on any atom is 0.288 e. The summed E-state index contributed by atoms with van der Waals surface area (Å²) in [6.07, 6.45) is 6.18. The molecule has 0 atom stereocenters. The van der Waals surface area contributed by atoms with Gasteiger partial charge in [-0.2, -0.15) is 4.57 Å². The van der Waals surface area contributed by atoms with Gasteiger partial charge >= 0.3 is 0 Å². The highest BCUT2D eigenvalue weighted by Gasteiger charge is 2.22. The second-order valence-corrected chi connectivity index (χ2v) is 6.93. The maximum absolute atomic E-state index is 12.1. The molecule has 1 aliphatic heterocycles. The highest BCUT2D eigenvalue weighted by atomic mass is 32.2. The Morgan fingerprint density at radius 3 is 2.64 bits per heavy atom.